The molecule has 0 saturated heterocycles. The number of carbonyl (C=O) groups excluding carboxylic acids is 1. The normalized spacial score (nSPS) is 17.0. The van der Waals surface area contributed by atoms with E-state index in [4.69, 9.17) is 11.6 Å². The highest BCUT2D eigenvalue weighted by molar-refractivity contribution is 6.31. The van der Waals surface area contributed by atoms with Gasteiger partial charge in [-0.15, -0.1) is 0 Å². The number of carbonyl (C=O) groups is 1. The first kappa shape index (κ1) is 13.8. The SMILES string of the molecule is O=C(c1cnc2n1CCCC2)N1CCc2c(Cl)cccc2C1. The van der Waals surface area contributed by atoms with Gasteiger partial charge in [-0.05, 0) is 36.5 Å². The van der Waals surface area contributed by atoms with Crippen molar-refractivity contribution in [2.24, 2.45) is 0 Å². The Labute approximate surface area is 134 Å². The van der Waals surface area contributed by atoms with Gasteiger partial charge in [0.2, 0.25) is 0 Å². The van der Waals surface area contributed by atoms with Crippen LogP contribution in [0.5, 0.6) is 0 Å². The molecule has 2 aliphatic rings. The number of hydrogen-bond acceptors (Lipinski definition) is 2. The average molecular weight is 316 g/mol. The fraction of sp³-hybridized carbons (Fsp3) is 0.412. The molecule has 0 unspecified atom stereocenters. The van der Waals surface area contributed by atoms with E-state index in [1.54, 1.807) is 6.20 Å². The molecule has 2 aromatic rings. The summed E-state index contributed by atoms with van der Waals surface area (Å²) < 4.78 is 2.10. The predicted octanol–water partition coefficient (Wildman–Crippen LogP) is 3.07. The molecule has 1 aromatic carbocycles. The van der Waals surface area contributed by atoms with E-state index in [2.05, 4.69) is 15.6 Å². The van der Waals surface area contributed by atoms with Gasteiger partial charge in [-0.1, -0.05) is 23.7 Å². The maximum Gasteiger partial charge on any atom is 0.272 e. The van der Waals surface area contributed by atoms with Gasteiger partial charge in [0.15, 0.2) is 0 Å². The Morgan fingerprint density at radius 2 is 2.09 bits per heavy atom. The molecule has 0 aliphatic carbocycles. The molecular weight excluding hydrogens is 298 g/mol. The van der Waals surface area contributed by atoms with E-state index in [0.29, 0.717) is 6.54 Å². The average Bonchev–Trinajstić information content (AvgIpc) is 2.98. The number of hydrogen-bond donors (Lipinski definition) is 0. The lowest BCUT2D eigenvalue weighted by Crippen LogP contribution is -2.37. The van der Waals surface area contributed by atoms with Crippen LogP contribution >= 0.6 is 11.6 Å². The summed E-state index contributed by atoms with van der Waals surface area (Å²) in [7, 11) is 0. The number of amides is 1. The van der Waals surface area contributed by atoms with Crippen LogP contribution in [0.4, 0.5) is 0 Å². The van der Waals surface area contributed by atoms with Gasteiger partial charge in [0.1, 0.15) is 11.5 Å². The highest BCUT2D eigenvalue weighted by atomic mass is 35.5. The molecule has 5 heteroatoms. The van der Waals surface area contributed by atoms with Crippen molar-refractivity contribution >= 4 is 17.5 Å². The van der Waals surface area contributed by atoms with Crippen LogP contribution in [0.1, 0.15) is 40.3 Å². The third kappa shape index (κ3) is 2.22. The Hall–Kier alpha value is -1.81. The largest absolute Gasteiger partial charge is 0.333 e. The monoisotopic (exact) mass is 315 g/mol. The van der Waals surface area contributed by atoms with Gasteiger partial charge in [-0.25, -0.2) is 4.98 Å². The minimum Gasteiger partial charge on any atom is -0.333 e. The van der Waals surface area contributed by atoms with Gasteiger partial charge < -0.3 is 9.47 Å². The quantitative estimate of drug-likeness (QED) is 0.811. The highest BCUT2D eigenvalue weighted by Gasteiger charge is 2.26. The highest BCUT2D eigenvalue weighted by Crippen LogP contribution is 2.27. The summed E-state index contributed by atoms with van der Waals surface area (Å²) in [4.78, 5) is 19.2. The van der Waals surface area contributed by atoms with Gasteiger partial charge in [-0.3, -0.25) is 4.79 Å². The molecule has 0 N–H and O–H groups in total. The van der Waals surface area contributed by atoms with Gasteiger partial charge in [-0.2, -0.15) is 0 Å². The second-order valence-corrected chi connectivity index (χ2v) is 6.43. The lowest BCUT2D eigenvalue weighted by Gasteiger charge is -2.30. The Morgan fingerprint density at radius 1 is 1.18 bits per heavy atom. The molecule has 0 saturated carbocycles. The van der Waals surface area contributed by atoms with Crippen LogP contribution in [0.3, 0.4) is 0 Å². The molecule has 0 radical (unpaired) electrons. The molecule has 1 aromatic heterocycles. The Balaban J connectivity index is 1.61. The van der Waals surface area contributed by atoms with Crippen molar-refractivity contribution in [1.82, 2.24) is 14.5 Å². The maximum absolute atomic E-state index is 12.9. The van der Waals surface area contributed by atoms with E-state index in [9.17, 15) is 4.79 Å². The number of nitrogens with zero attached hydrogens (tertiary/aromatic N) is 3. The zero-order chi connectivity index (χ0) is 15.1. The summed E-state index contributed by atoms with van der Waals surface area (Å²) in [5, 5.41) is 0.811. The van der Waals surface area contributed by atoms with Crippen LogP contribution in [0.15, 0.2) is 24.4 Å². The first-order valence-electron chi connectivity index (χ1n) is 7.84. The van der Waals surface area contributed by atoms with Crippen LogP contribution in [0, 0.1) is 0 Å². The molecule has 3 heterocycles. The zero-order valence-electron chi connectivity index (χ0n) is 12.4. The van der Waals surface area contributed by atoms with Crippen molar-refractivity contribution in [1.29, 1.82) is 0 Å². The minimum absolute atomic E-state index is 0.0891. The van der Waals surface area contributed by atoms with Crippen LogP contribution in [-0.4, -0.2) is 26.9 Å². The summed E-state index contributed by atoms with van der Waals surface area (Å²) in [6.45, 7) is 2.26. The predicted molar refractivity (Wildman–Crippen MR) is 85.1 cm³/mol. The standard InChI is InChI=1S/C17H18ClN3O/c18-14-5-3-4-12-11-20(9-7-13(12)14)17(22)15-10-19-16-6-1-2-8-21(15)16/h3-5,10H,1-2,6-9,11H2. The fourth-order valence-corrected chi connectivity index (χ4v) is 3.77. The summed E-state index contributed by atoms with van der Waals surface area (Å²) in [5.74, 6) is 1.14. The van der Waals surface area contributed by atoms with Crippen LogP contribution in [0.25, 0.3) is 0 Å². The number of fused-ring (bicyclic) bond motifs is 2. The van der Waals surface area contributed by atoms with Crippen molar-refractivity contribution in [3.05, 3.63) is 52.1 Å². The molecule has 22 heavy (non-hydrogen) atoms. The maximum atomic E-state index is 12.9. The molecule has 2 aliphatic heterocycles. The Bertz CT molecular complexity index is 738. The molecule has 1 amide bonds. The summed E-state index contributed by atoms with van der Waals surface area (Å²) in [6.07, 6.45) is 5.84. The minimum atomic E-state index is 0.0891. The van der Waals surface area contributed by atoms with Gasteiger partial charge in [0.25, 0.3) is 5.91 Å². The smallest absolute Gasteiger partial charge is 0.272 e. The molecule has 4 nitrogen and oxygen atoms in total. The van der Waals surface area contributed by atoms with Gasteiger partial charge in [0, 0.05) is 31.1 Å². The lowest BCUT2D eigenvalue weighted by atomic mass is 9.99. The van der Waals surface area contributed by atoms with Gasteiger partial charge >= 0.3 is 0 Å². The molecule has 4 rings (SSSR count). The Kier molecular flexibility index (Phi) is 3.41. The van der Waals surface area contributed by atoms with E-state index in [1.165, 1.54) is 12.0 Å². The Morgan fingerprint density at radius 3 is 3.00 bits per heavy atom. The van der Waals surface area contributed by atoms with E-state index in [-0.39, 0.29) is 5.91 Å². The first-order chi connectivity index (χ1) is 10.7. The number of aryl methyl sites for hydroxylation is 1. The van der Waals surface area contributed by atoms with Gasteiger partial charge in [0.05, 0.1) is 6.20 Å². The number of benzene rings is 1. The number of aromatic nitrogens is 2. The summed E-state index contributed by atoms with van der Waals surface area (Å²) in [6, 6.07) is 5.94. The van der Waals surface area contributed by atoms with Crippen molar-refractivity contribution in [2.75, 3.05) is 6.54 Å². The number of rotatable bonds is 1. The number of imidazole rings is 1. The van der Waals surface area contributed by atoms with E-state index in [0.717, 1.165) is 54.5 Å². The number of halogens is 1. The van der Waals surface area contributed by atoms with E-state index >= 15 is 0 Å². The fourth-order valence-electron chi connectivity index (χ4n) is 3.49. The molecule has 114 valence electrons. The third-order valence-electron chi connectivity index (χ3n) is 4.69. The third-order valence-corrected chi connectivity index (χ3v) is 5.04. The van der Waals surface area contributed by atoms with Crippen molar-refractivity contribution in [2.45, 2.75) is 38.8 Å². The van der Waals surface area contributed by atoms with Crippen LogP contribution < -0.4 is 0 Å². The summed E-state index contributed by atoms with van der Waals surface area (Å²) in [5.41, 5.74) is 3.08. The van der Waals surface area contributed by atoms with E-state index < -0.39 is 0 Å². The molecule has 0 bridgehead atoms. The van der Waals surface area contributed by atoms with Crippen LogP contribution in [0.2, 0.25) is 5.02 Å². The van der Waals surface area contributed by atoms with Crippen LogP contribution in [-0.2, 0) is 25.9 Å². The molecule has 0 fully saturated rings. The van der Waals surface area contributed by atoms with Crippen molar-refractivity contribution in [3.63, 3.8) is 0 Å². The second-order valence-electron chi connectivity index (χ2n) is 6.02. The second kappa shape index (κ2) is 5.43. The topological polar surface area (TPSA) is 38.1 Å². The lowest BCUT2D eigenvalue weighted by molar-refractivity contribution is 0.0722. The molecule has 0 atom stereocenters. The molecule has 0 spiro atoms. The molecular formula is C17H18ClN3O. The zero-order valence-corrected chi connectivity index (χ0v) is 13.1. The van der Waals surface area contributed by atoms with Crippen molar-refractivity contribution < 1.29 is 4.79 Å². The first-order valence-corrected chi connectivity index (χ1v) is 8.22. The summed E-state index contributed by atoms with van der Waals surface area (Å²) >= 11 is 6.25. The van der Waals surface area contributed by atoms with E-state index in [1.807, 2.05) is 17.0 Å². The van der Waals surface area contributed by atoms with Crippen molar-refractivity contribution in [3.8, 4) is 0 Å².